The van der Waals surface area contributed by atoms with Crippen molar-refractivity contribution in [3.05, 3.63) is 23.8 Å². The molecule has 0 bridgehead atoms. The van der Waals surface area contributed by atoms with E-state index in [-0.39, 0.29) is 6.61 Å². The van der Waals surface area contributed by atoms with E-state index in [1.807, 2.05) is 25.1 Å². The summed E-state index contributed by atoms with van der Waals surface area (Å²) in [4.78, 5) is 10.4. The first-order valence-corrected chi connectivity index (χ1v) is 4.86. The standard InChI is InChI=1S/C11H12N2O3/c1-7-3-4-8-9(5-7)13(2)12-11(8)16-6-10(14)15/h3-5H,6H2,1-2H3,(H,14,15). The van der Waals surface area contributed by atoms with Crippen LogP contribution in [0.3, 0.4) is 0 Å². The monoisotopic (exact) mass is 220 g/mol. The highest BCUT2D eigenvalue weighted by Gasteiger charge is 2.10. The average molecular weight is 220 g/mol. The SMILES string of the molecule is Cc1ccc2c(OCC(=O)O)nn(C)c2c1. The van der Waals surface area contributed by atoms with Crippen LogP contribution in [0.25, 0.3) is 10.9 Å². The highest BCUT2D eigenvalue weighted by molar-refractivity contribution is 5.85. The van der Waals surface area contributed by atoms with E-state index < -0.39 is 5.97 Å². The Morgan fingerprint density at radius 2 is 2.31 bits per heavy atom. The average Bonchev–Trinajstić information content (AvgIpc) is 2.53. The molecule has 0 aliphatic heterocycles. The molecule has 84 valence electrons. The lowest BCUT2D eigenvalue weighted by Gasteiger charge is -1.98. The molecule has 16 heavy (non-hydrogen) atoms. The van der Waals surface area contributed by atoms with Gasteiger partial charge in [-0.05, 0) is 24.6 Å². The van der Waals surface area contributed by atoms with Crippen molar-refractivity contribution in [2.45, 2.75) is 6.92 Å². The fourth-order valence-corrected chi connectivity index (χ4v) is 1.57. The summed E-state index contributed by atoms with van der Waals surface area (Å²) in [5, 5.41) is 13.5. The van der Waals surface area contributed by atoms with E-state index in [9.17, 15) is 4.79 Å². The van der Waals surface area contributed by atoms with Crippen LogP contribution in [-0.2, 0) is 11.8 Å². The van der Waals surface area contributed by atoms with Gasteiger partial charge in [0.1, 0.15) is 0 Å². The minimum absolute atomic E-state index is 0.361. The fraction of sp³-hybridized carbons (Fsp3) is 0.273. The van der Waals surface area contributed by atoms with E-state index in [0.717, 1.165) is 16.5 Å². The van der Waals surface area contributed by atoms with Crippen LogP contribution in [-0.4, -0.2) is 27.5 Å². The summed E-state index contributed by atoms with van der Waals surface area (Å²) in [5.74, 6) is -0.647. The zero-order valence-electron chi connectivity index (χ0n) is 9.10. The van der Waals surface area contributed by atoms with E-state index in [1.54, 1.807) is 11.7 Å². The number of nitrogens with zero attached hydrogens (tertiary/aromatic N) is 2. The number of carboxylic acids is 1. The Morgan fingerprint density at radius 1 is 1.56 bits per heavy atom. The third kappa shape index (κ3) is 1.84. The van der Waals surface area contributed by atoms with Gasteiger partial charge in [-0.15, -0.1) is 5.10 Å². The molecule has 1 heterocycles. The Kier molecular flexibility index (Phi) is 2.52. The second-order valence-electron chi connectivity index (χ2n) is 3.63. The van der Waals surface area contributed by atoms with Crippen LogP contribution in [0.1, 0.15) is 5.56 Å². The summed E-state index contributed by atoms with van der Waals surface area (Å²) in [6.07, 6.45) is 0. The number of carbonyl (C=O) groups is 1. The summed E-state index contributed by atoms with van der Waals surface area (Å²) in [5.41, 5.74) is 2.06. The Balaban J connectivity index is 2.43. The van der Waals surface area contributed by atoms with Crippen molar-refractivity contribution in [2.24, 2.45) is 7.05 Å². The number of hydrogen-bond donors (Lipinski definition) is 1. The molecule has 0 radical (unpaired) electrons. The van der Waals surface area contributed by atoms with Crippen molar-refractivity contribution in [1.82, 2.24) is 9.78 Å². The molecule has 0 aliphatic rings. The molecule has 0 spiro atoms. The second kappa shape index (κ2) is 3.84. The number of rotatable bonds is 3. The summed E-state index contributed by atoms with van der Waals surface area (Å²) in [6.45, 7) is 1.62. The molecule has 0 fully saturated rings. The molecular formula is C11H12N2O3. The number of aliphatic carboxylic acids is 1. The molecule has 1 N–H and O–H groups in total. The van der Waals surface area contributed by atoms with Gasteiger partial charge in [0.25, 0.3) is 0 Å². The Hall–Kier alpha value is -2.04. The lowest BCUT2D eigenvalue weighted by Crippen LogP contribution is -2.09. The number of ether oxygens (including phenoxy) is 1. The van der Waals surface area contributed by atoms with Crippen molar-refractivity contribution in [2.75, 3.05) is 6.61 Å². The van der Waals surface area contributed by atoms with E-state index in [0.29, 0.717) is 5.88 Å². The molecule has 5 nitrogen and oxygen atoms in total. The second-order valence-corrected chi connectivity index (χ2v) is 3.63. The Morgan fingerprint density at radius 3 is 3.00 bits per heavy atom. The van der Waals surface area contributed by atoms with Crippen LogP contribution in [0.5, 0.6) is 5.88 Å². The first-order valence-electron chi connectivity index (χ1n) is 4.86. The predicted molar refractivity (Wildman–Crippen MR) is 58.6 cm³/mol. The molecule has 0 saturated carbocycles. The van der Waals surface area contributed by atoms with Crippen molar-refractivity contribution >= 4 is 16.9 Å². The van der Waals surface area contributed by atoms with Gasteiger partial charge >= 0.3 is 5.97 Å². The van der Waals surface area contributed by atoms with Crippen LogP contribution in [0.4, 0.5) is 0 Å². The Bertz CT molecular complexity index is 545. The fourth-order valence-electron chi connectivity index (χ4n) is 1.57. The van der Waals surface area contributed by atoms with Crippen LogP contribution in [0.15, 0.2) is 18.2 Å². The van der Waals surface area contributed by atoms with Gasteiger partial charge in [0.2, 0.25) is 5.88 Å². The van der Waals surface area contributed by atoms with E-state index in [2.05, 4.69) is 5.10 Å². The summed E-state index contributed by atoms with van der Waals surface area (Å²) >= 11 is 0. The molecule has 1 aromatic carbocycles. The van der Waals surface area contributed by atoms with E-state index >= 15 is 0 Å². The third-order valence-corrected chi connectivity index (χ3v) is 2.31. The van der Waals surface area contributed by atoms with Crippen molar-refractivity contribution in [3.8, 4) is 5.88 Å². The molecule has 0 unspecified atom stereocenters. The molecule has 0 aliphatic carbocycles. The first-order chi connectivity index (χ1) is 7.58. The number of benzene rings is 1. The minimum atomic E-state index is -1.01. The predicted octanol–water partition coefficient (Wildman–Crippen LogP) is 1.35. The van der Waals surface area contributed by atoms with Gasteiger partial charge in [0.15, 0.2) is 6.61 Å². The summed E-state index contributed by atoms with van der Waals surface area (Å²) in [6, 6.07) is 5.81. The van der Waals surface area contributed by atoms with Crippen LogP contribution >= 0.6 is 0 Å². The highest BCUT2D eigenvalue weighted by atomic mass is 16.5. The maximum atomic E-state index is 10.4. The zero-order chi connectivity index (χ0) is 11.7. The zero-order valence-corrected chi connectivity index (χ0v) is 9.10. The lowest BCUT2D eigenvalue weighted by atomic mass is 10.2. The van der Waals surface area contributed by atoms with Gasteiger partial charge in [0.05, 0.1) is 10.9 Å². The van der Waals surface area contributed by atoms with Crippen LogP contribution < -0.4 is 4.74 Å². The number of carboxylic acid groups (broad SMARTS) is 1. The largest absolute Gasteiger partial charge is 0.479 e. The van der Waals surface area contributed by atoms with Gasteiger partial charge < -0.3 is 9.84 Å². The van der Waals surface area contributed by atoms with E-state index in [1.165, 1.54) is 0 Å². The quantitative estimate of drug-likeness (QED) is 0.847. The van der Waals surface area contributed by atoms with Crippen molar-refractivity contribution in [1.29, 1.82) is 0 Å². The van der Waals surface area contributed by atoms with Crippen LogP contribution in [0.2, 0.25) is 0 Å². The molecule has 2 rings (SSSR count). The van der Waals surface area contributed by atoms with Gasteiger partial charge in [0, 0.05) is 7.05 Å². The molecule has 2 aromatic rings. The Labute approximate surface area is 92.2 Å². The minimum Gasteiger partial charge on any atom is -0.479 e. The summed E-state index contributed by atoms with van der Waals surface area (Å²) in [7, 11) is 1.80. The molecule has 0 saturated heterocycles. The van der Waals surface area contributed by atoms with Crippen molar-refractivity contribution in [3.63, 3.8) is 0 Å². The molecule has 1 aromatic heterocycles. The van der Waals surface area contributed by atoms with Gasteiger partial charge in [-0.2, -0.15) is 0 Å². The van der Waals surface area contributed by atoms with Crippen molar-refractivity contribution < 1.29 is 14.6 Å². The van der Waals surface area contributed by atoms with E-state index in [4.69, 9.17) is 9.84 Å². The smallest absolute Gasteiger partial charge is 0.341 e. The first kappa shape index (κ1) is 10.5. The number of hydrogen-bond acceptors (Lipinski definition) is 3. The topological polar surface area (TPSA) is 64.3 Å². The van der Waals surface area contributed by atoms with Crippen LogP contribution in [0, 0.1) is 6.92 Å². The third-order valence-electron chi connectivity index (χ3n) is 2.31. The number of aryl methyl sites for hydroxylation is 2. The molecule has 0 amide bonds. The van der Waals surface area contributed by atoms with Gasteiger partial charge in [-0.3, -0.25) is 4.68 Å². The maximum absolute atomic E-state index is 10.4. The summed E-state index contributed by atoms with van der Waals surface area (Å²) < 4.78 is 6.79. The highest BCUT2D eigenvalue weighted by Crippen LogP contribution is 2.24. The van der Waals surface area contributed by atoms with Gasteiger partial charge in [-0.25, -0.2) is 4.79 Å². The maximum Gasteiger partial charge on any atom is 0.341 e. The normalized spacial score (nSPS) is 10.6. The number of fused-ring (bicyclic) bond motifs is 1. The van der Waals surface area contributed by atoms with Gasteiger partial charge in [-0.1, -0.05) is 6.07 Å². The molecule has 5 heteroatoms. The lowest BCUT2D eigenvalue weighted by molar-refractivity contribution is -0.139. The molecular weight excluding hydrogens is 208 g/mol. The molecule has 0 atom stereocenters. The number of aromatic nitrogens is 2.